The number of allylic oxidation sites excluding steroid dienone is 2. The highest BCUT2D eigenvalue weighted by Gasteiger charge is 2.34. The van der Waals surface area contributed by atoms with E-state index in [0.717, 1.165) is 44.5 Å². The summed E-state index contributed by atoms with van der Waals surface area (Å²) < 4.78 is 17.8. The van der Waals surface area contributed by atoms with Crippen molar-refractivity contribution in [2.24, 2.45) is 0 Å². The van der Waals surface area contributed by atoms with Crippen molar-refractivity contribution >= 4 is 71.1 Å². The van der Waals surface area contributed by atoms with Crippen molar-refractivity contribution in [2.45, 2.75) is 12.0 Å². The Balaban J connectivity index is 0.892. The number of ether oxygens (including phenoxy) is 1. The molecule has 0 amide bonds. The van der Waals surface area contributed by atoms with Crippen LogP contribution in [0.5, 0.6) is 5.75 Å². The Labute approximate surface area is 333 Å². The molecule has 11 aromatic rings. The van der Waals surface area contributed by atoms with Gasteiger partial charge in [-0.25, -0.2) is 0 Å². The van der Waals surface area contributed by atoms with Crippen molar-refractivity contribution in [3.63, 3.8) is 0 Å². The molecule has 1 aliphatic heterocycles. The van der Waals surface area contributed by atoms with Gasteiger partial charge in [-0.2, -0.15) is 0 Å². The van der Waals surface area contributed by atoms with Gasteiger partial charge >= 0.3 is 0 Å². The molecule has 0 saturated carbocycles. The van der Waals surface area contributed by atoms with Gasteiger partial charge in [-0.3, -0.25) is 0 Å². The van der Waals surface area contributed by atoms with E-state index in [1.807, 2.05) is 0 Å². The van der Waals surface area contributed by atoms with Crippen LogP contribution in [0.25, 0.3) is 93.6 Å². The molecule has 0 radical (unpaired) electrons. The number of aromatic nitrogens is 2. The number of nitrogens with zero attached hydrogens (tertiary/aromatic N) is 2. The first-order chi connectivity index (χ1) is 28.7. The molecule has 1 aliphatic carbocycles. The fourth-order valence-corrected chi connectivity index (χ4v) is 9.78. The molecule has 0 bridgehead atoms. The lowest BCUT2D eigenvalue weighted by atomic mass is 9.86. The third-order valence-corrected chi connectivity index (χ3v) is 12.4. The van der Waals surface area contributed by atoms with Gasteiger partial charge in [0.05, 0.1) is 22.1 Å². The predicted molar refractivity (Wildman–Crippen MR) is 239 cm³/mol. The minimum absolute atomic E-state index is 0.0561. The topological polar surface area (TPSA) is 32.2 Å². The van der Waals surface area contributed by atoms with E-state index >= 15 is 0 Å². The van der Waals surface area contributed by atoms with E-state index in [1.54, 1.807) is 0 Å². The lowest BCUT2D eigenvalue weighted by Crippen LogP contribution is -2.16. The molecule has 0 fully saturated rings. The lowest BCUT2D eigenvalue weighted by Gasteiger charge is -2.19. The fraction of sp³-hybridized carbons (Fsp3) is 0.0370. The Bertz CT molecular complexity index is 3510. The summed E-state index contributed by atoms with van der Waals surface area (Å²) in [6, 6.07) is 63.4. The highest BCUT2D eigenvalue weighted by atomic mass is 16.5. The smallest absolute Gasteiger partial charge is 0.139 e. The number of hydrogen-bond acceptors (Lipinski definition) is 2. The van der Waals surface area contributed by atoms with Gasteiger partial charge in [-0.05, 0) is 101 Å². The van der Waals surface area contributed by atoms with Gasteiger partial charge in [-0.1, -0.05) is 109 Å². The third kappa shape index (κ3) is 4.57. The van der Waals surface area contributed by atoms with E-state index in [9.17, 15) is 0 Å². The SMILES string of the molecule is C1=CC2Oc3cc4oc5ccc(-c6cccc(-n7c8ccccc8c8ccccc87)c6)cc5c4cc3C2C=C1c1ccc2c(c1)c1ccccc1n2-c1ccccc1. The maximum absolute atomic E-state index is 6.58. The van der Waals surface area contributed by atoms with Crippen LogP contribution < -0.4 is 4.74 Å². The van der Waals surface area contributed by atoms with Gasteiger partial charge < -0.3 is 18.3 Å². The summed E-state index contributed by atoms with van der Waals surface area (Å²) in [5.41, 5.74) is 14.8. The first-order valence-electron chi connectivity index (χ1n) is 20.0. The van der Waals surface area contributed by atoms with Crippen LogP contribution in [0.4, 0.5) is 0 Å². The summed E-state index contributed by atoms with van der Waals surface area (Å²) in [6.45, 7) is 0. The zero-order valence-electron chi connectivity index (χ0n) is 31.3. The predicted octanol–water partition coefficient (Wildman–Crippen LogP) is 13.9. The van der Waals surface area contributed by atoms with E-state index in [1.165, 1.54) is 66.0 Å². The molecule has 3 aromatic heterocycles. The van der Waals surface area contributed by atoms with E-state index in [-0.39, 0.29) is 12.0 Å². The Morgan fingerprint density at radius 2 is 1.02 bits per heavy atom. The Morgan fingerprint density at radius 1 is 0.414 bits per heavy atom. The van der Waals surface area contributed by atoms with Crippen molar-refractivity contribution in [3.8, 4) is 28.3 Å². The van der Waals surface area contributed by atoms with Crippen molar-refractivity contribution in [3.05, 3.63) is 205 Å². The number of furan rings is 1. The summed E-state index contributed by atoms with van der Waals surface area (Å²) in [4.78, 5) is 0. The minimum Gasteiger partial charge on any atom is -0.485 e. The van der Waals surface area contributed by atoms with Crippen molar-refractivity contribution < 1.29 is 9.15 Å². The molecule has 0 N–H and O–H groups in total. The number of benzene rings is 8. The van der Waals surface area contributed by atoms with Gasteiger partial charge in [0.1, 0.15) is 23.0 Å². The normalized spacial score (nSPS) is 16.1. The van der Waals surface area contributed by atoms with Crippen LogP contribution in [-0.2, 0) is 0 Å². The van der Waals surface area contributed by atoms with E-state index < -0.39 is 0 Å². The molecule has 2 aliphatic rings. The molecule has 4 heteroatoms. The summed E-state index contributed by atoms with van der Waals surface area (Å²) in [5, 5.41) is 7.24. The molecule has 0 spiro atoms. The number of para-hydroxylation sites is 4. The highest BCUT2D eigenvalue weighted by Crippen LogP contribution is 2.47. The van der Waals surface area contributed by atoms with Crippen LogP contribution in [-0.4, -0.2) is 15.2 Å². The van der Waals surface area contributed by atoms with Crippen LogP contribution in [0.15, 0.2) is 199 Å². The quantitative estimate of drug-likeness (QED) is 0.180. The van der Waals surface area contributed by atoms with Crippen molar-refractivity contribution in [2.75, 3.05) is 0 Å². The molecule has 0 saturated heterocycles. The molecular formula is C54H34N2O2. The van der Waals surface area contributed by atoms with Crippen molar-refractivity contribution in [1.29, 1.82) is 0 Å². The van der Waals surface area contributed by atoms with E-state index in [2.05, 4.69) is 203 Å². The summed E-state index contributed by atoms with van der Waals surface area (Å²) in [5.74, 6) is 0.987. The van der Waals surface area contributed by atoms with Crippen LogP contribution in [0.3, 0.4) is 0 Å². The second-order valence-electron chi connectivity index (χ2n) is 15.6. The first kappa shape index (κ1) is 31.6. The van der Waals surface area contributed by atoms with Gasteiger partial charge in [0.2, 0.25) is 0 Å². The molecule has 4 nitrogen and oxygen atoms in total. The lowest BCUT2D eigenvalue weighted by molar-refractivity contribution is 0.269. The molecule has 4 heterocycles. The second kappa shape index (κ2) is 12.0. The number of rotatable bonds is 4. The molecule has 13 rings (SSSR count). The van der Waals surface area contributed by atoms with Gasteiger partial charge in [0.15, 0.2) is 0 Å². The Hall–Kier alpha value is -7.56. The van der Waals surface area contributed by atoms with Gasteiger partial charge in [-0.15, -0.1) is 0 Å². The molecule has 2 atom stereocenters. The third-order valence-electron chi connectivity index (χ3n) is 12.4. The molecular weight excluding hydrogens is 709 g/mol. The Morgan fingerprint density at radius 3 is 1.79 bits per heavy atom. The van der Waals surface area contributed by atoms with Crippen LogP contribution in [0.1, 0.15) is 17.0 Å². The molecule has 8 aromatic carbocycles. The minimum atomic E-state index is -0.0561. The summed E-state index contributed by atoms with van der Waals surface area (Å²) in [6.07, 6.45) is 6.79. The summed E-state index contributed by atoms with van der Waals surface area (Å²) in [7, 11) is 0. The molecule has 58 heavy (non-hydrogen) atoms. The maximum atomic E-state index is 6.58. The Kier molecular flexibility index (Phi) is 6.53. The summed E-state index contributed by atoms with van der Waals surface area (Å²) >= 11 is 0. The van der Waals surface area contributed by atoms with Gasteiger partial charge in [0.25, 0.3) is 0 Å². The highest BCUT2D eigenvalue weighted by molar-refractivity contribution is 6.11. The number of hydrogen-bond donors (Lipinski definition) is 0. The average Bonchev–Trinajstić information content (AvgIpc) is 4.02. The van der Waals surface area contributed by atoms with Crippen LogP contribution >= 0.6 is 0 Å². The fourth-order valence-electron chi connectivity index (χ4n) is 9.78. The standard InChI is InChI=1S/C54H34N2O2/c1-2-12-37(13-3-1)55-49-20-9-6-17-41(49)42-28-34(21-24-50(42)55)36-23-26-52-44(30-36)46-31-45-43-29-35(22-25-51(43)57-53(45)32-54(46)58-52)33-11-10-14-38(27-33)56-47-18-7-4-15-39(47)40-16-5-8-19-48(40)56/h1-32,44,52H. The monoisotopic (exact) mass is 742 g/mol. The number of fused-ring (bicyclic) bond motifs is 12. The molecule has 272 valence electrons. The van der Waals surface area contributed by atoms with E-state index in [0.29, 0.717) is 0 Å². The average molecular weight is 743 g/mol. The maximum Gasteiger partial charge on any atom is 0.139 e. The largest absolute Gasteiger partial charge is 0.485 e. The first-order valence-corrected chi connectivity index (χ1v) is 20.0. The zero-order valence-corrected chi connectivity index (χ0v) is 31.3. The van der Waals surface area contributed by atoms with Crippen LogP contribution in [0, 0.1) is 0 Å². The van der Waals surface area contributed by atoms with Crippen molar-refractivity contribution in [1.82, 2.24) is 9.13 Å². The van der Waals surface area contributed by atoms with E-state index in [4.69, 9.17) is 9.15 Å². The zero-order chi connectivity index (χ0) is 37.9. The molecule has 2 unspecified atom stereocenters. The van der Waals surface area contributed by atoms with Gasteiger partial charge in [0, 0.05) is 61.2 Å². The second-order valence-corrected chi connectivity index (χ2v) is 15.6. The van der Waals surface area contributed by atoms with Crippen LogP contribution in [0.2, 0.25) is 0 Å².